The van der Waals surface area contributed by atoms with E-state index in [1.807, 2.05) is 0 Å². The van der Waals surface area contributed by atoms with Crippen LogP contribution in [0.2, 0.25) is 0 Å². The molecule has 0 fully saturated rings. The molecule has 0 spiro atoms. The van der Waals surface area contributed by atoms with Gasteiger partial charge in [0.2, 0.25) is 0 Å². The molecule has 0 N–H and O–H groups in total. The minimum Gasteiger partial charge on any atom is -0.0842 e. The zero-order valence-corrected chi connectivity index (χ0v) is 28.1. The number of benzene rings is 6. The van der Waals surface area contributed by atoms with E-state index in [9.17, 15) is 0 Å². The standard InChI is InChI=1S/C50H36/c1-4-15-31(16-5-1)34-23-12-24-35(32-17-6-2-7-18-32)45(34)40-29-30-43-46-39(40)26-14-28-42(46)50-48-38-22-11-10-21-36(38)37-25-13-27-41(47(37)48)44(49(43)50)33-19-8-3-9-20-33/h1-4,6,8,10-15,17,19,21-30H,5,7,9,16,18,20H2. The van der Waals surface area contributed by atoms with E-state index >= 15 is 0 Å². The Hall–Kier alpha value is -5.72. The van der Waals surface area contributed by atoms with Crippen molar-refractivity contribution in [2.24, 2.45) is 0 Å². The van der Waals surface area contributed by atoms with Crippen LogP contribution in [0, 0.1) is 0 Å². The van der Waals surface area contributed by atoms with Crippen molar-refractivity contribution >= 4 is 81.4 Å². The van der Waals surface area contributed by atoms with Crippen molar-refractivity contribution in [3.05, 3.63) is 162 Å². The van der Waals surface area contributed by atoms with Gasteiger partial charge in [0.15, 0.2) is 0 Å². The van der Waals surface area contributed by atoms with Gasteiger partial charge in [-0.2, -0.15) is 0 Å². The number of rotatable bonds is 4. The lowest BCUT2D eigenvalue weighted by Gasteiger charge is -2.22. The molecular formula is C50H36. The van der Waals surface area contributed by atoms with Crippen LogP contribution in [-0.2, 0) is 0 Å². The first-order chi connectivity index (χ1) is 24.9. The van der Waals surface area contributed by atoms with Gasteiger partial charge >= 0.3 is 0 Å². The lowest BCUT2D eigenvalue weighted by molar-refractivity contribution is 1.05. The number of fused-ring (bicyclic) bond motifs is 7. The van der Waals surface area contributed by atoms with Crippen LogP contribution in [0.4, 0.5) is 0 Å². The van der Waals surface area contributed by atoms with Gasteiger partial charge in [-0.3, -0.25) is 0 Å². The van der Waals surface area contributed by atoms with Crippen LogP contribution in [0.1, 0.15) is 55.2 Å². The Kier molecular flexibility index (Phi) is 6.13. The molecule has 3 aliphatic rings. The minimum atomic E-state index is 1.07. The molecule has 0 saturated carbocycles. The Morgan fingerprint density at radius 3 is 1.50 bits per heavy atom. The highest BCUT2D eigenvalue weighted by Crippen LogP contribution is 2.54. The van der Waals surface area contributed by atoms with E-state index in [-0.39, 0.29) is 0 Å². The molecule has 0 saturated heterocycles. The Morgan fingerprint density at radius 1 is 0.300 bits per heavy atom. The van der Waals surface area contributed by atoms with Gasteiger partial charge in [-0.25, -0.2) is 0 Å². The molecule has 8 aromatic carbocycles. The SMILES string of the molecule is C1=CCCC(c2cccc(C3=CC=CCC3)c2-c2ccc3c4c(C5=CC=CCC5)c5cccc6c7ccccc7c(c56)c4c4cccc2c34)=C1. The average molecular weight is 637 g/mol. The van der Waals surface area contributed by atoms with Crippen LogP contribution in [0.25, 0.3) is 92.5 Å². The maximum Gasteiger partial charge on any atom is -0.000708 e. The van der Waals surface area contributed by atoms with Gasteiger partial charge in [0.1, 0.15) is 0 Å². The maximum absolute atomic E-state index is 2.48. The summed E-state index contributed by atoms with van der Waals surface area (Å²) in [4.78, 5) is 0. The van der Waals surface area contributed by atoms with Crippen LogP contribution in [0.15, 0.2) is 146 Å². The summed E-state index contributed by atoms with van der Waals surface area (Å²) in [6.45, 7) is 0. The predicted molar refractivity (Wildman–Crippen MR) is 218 cm³/mol. The number of allylic oxidation sites excluding steroid dienone is 12. The first kappa shape index (κ1) is 28.2. The van der Waals surface area contributed by atoms with Crippen LogP contribution in [0.3, 0.4) is 0 Å². The molecule has 0 bridgehead atoms. The molecule has 0 unspecified atom stereocenters. The maximum atomic E-state index is 2.48. The molecule has 0 amide bonds. The molecule has 0 atom stereocenters. The van der Waals surface area contributed by atoms with E-state index in [1.165, 1.54) is 109 Å². The quantitative estimate of drug-likeness (QED) is 0.180. The predicted octanol–water partition coefficient (Wildman–Crippen LogP) is 14.3. The number of hydrogen-bond donors (Lipinski definition) is 0. The van der Waals surface area contributed by atoms with Gasteiger partial charge in [0.05, 0.1) is 0 Å². The highest BCUT2D eigenvalue weighted by Gasteiger charge is 2.27. The van der Waals surface area contributed by atoms with Gasteiger partial charge in [-0.15, -0.1) is 0 Å². The van der Waals surface area contributed by atoms with Crippen molar-refractivity contribution < 1.29 is 0 Å². The Labute approximate surface area is 292 Å². The molecule has 11 rings (SSSR count). The van der Waals surface area contributed by atoms with E-state index in [1.54, 1.807) is 0 Å². The average Bonchev–Trinajstić information content (AvgIpc) is 3.71. The summed E-state index contributed by atoms with van der Waals surface area (Å²) in [5, 5.41) is 16.7. The second-order valence-electron chi connectivity index (χ2n) is 14.4. The molecule has 0 heterocycles. The molecule has 0 radical (unpaired) electrons. The molecule has 50 heavy (non-hydrogen) atoms. The second-order valence-corrected chi connectivity index (χ2v) is 14.4. The lowest BCUT2D eigenvalue weighted by Crippen LogP contribution is -1.99. The summed E-state index contributed by atoms with van der Waals surface area (Å²) < 4.78 is 0. The zero-order chi connectivity index (χ0) is 32.8. The molecular weight excluding hydrogens is 601 g/mol. The van der Waals surface area contributed by atoms with Crippen molar-refractivity contribution in [2.45, 2.75) is 38.5 Å². The van der Waals surface area contributed by atoms with E-state index in [2.05, 4.69) is 146 Å². The minimum absolute atomic E-state index is 1.07. The van der Waals surface area contributed by atoms with Crippen LogP contribution in [-0.4, -0.2) is 0 Å². The number of hydrogen-bond acceptors (Lipinski definition) is 0. The Morgan fingerprint density at radius 2 is 0.820 bits per heavy atom. The van der Waals surface area contributed by atoms with E-state index in [0.717, 1.165) is 38.5 Å². The van der Waals surface area contributed by atoms with E-state index < -0.39 is 0 Å². The fourth-order valence-electron chi connectivity index (χ4n) is 9.73. The van der Waals surface area contributed by atoms with Crippen molar-refractivity contribution in [1.82, 2.24) is 0 Å². The molecule has 3 aliphatic carbocycles. The Balaban J connectivity index is 1.33. The molecule has 0 nitrogen and oxygen atoms in total. The summed E-state index contributed by atoms with van der Waals surface area (Å²) >= 11 is 0. The first-order valence-corrected chi connectivity index (χ1v) is 18.4. The van der Waals surface area contributed by atoms with Crippen molar-refractivity contribution in [1.29, 1.82) is 0 Å². The lowest BCUT2D eigenvalue weighted by atomic mass is 9.82. The molecule has 236 valence electrons. The van der Waals surface area contributed by atoms with E-state index in [0.29, 0.717) is 0 Å². The molecule has 0 aromatic heterocycles. The summed E-state index contributed by atoms with van der Waals surface area (Å²) in [5.41, 5.74) is 11.2. The van der Waals surface area contributed by atoms with Gasteiger partial charge in [-0.05, 0) is 148 Å². The van der Waals surface area contributed by atoms with E-state index in [4.69, 9.17) is 0 Å². The van der Waals surface area contributed by atoms with Gasteiger partial charge in [0, 0.05) is 0 Å². The van der Waals surface area contributed by atoms with Crippen molar-refractivity contribution in [2.75, 3.05) is 0 Å². The summed E-state index contributed by atoms with van der Waals surface area (Å²) in [7, 11) is 0. The fourth-order valence-corrected chi connectivity index (χ4v) is 9.73. The third kappa shape index (κ3) is 3.88. The monoisotopic (exact) mass is 636 g/mol. The van der Waals surface area contributed by atoms with Gasteiger partial charge in [-0.1, -0.05) is 146 Å². The molecule has 8 aromatic rings. The highest BCUT2D eigenvalue weighted by molar-refractivity contribution is 6.47. The molecule has 0 heteroatoms. The van der Waals surface area contributed by atoms with Crippen molar-refractivity contribution in [3.8, 4) is 11.1 Å². The summed E-state index contributed by atoms with van der Waals surface area (Å²) in [5.74, 6) is 0. The van der Waals surface area contributed by atoms with Crippen LogP contribution < -0.4 is 0 Å². The van der Waals surface area contributed by atoms with Crippen molar-refractivity contribution in [3.63, 3.8) is 0 Å². The highest BCUT2D eigenvalue weighted by atomic mass is 14.3. The van der Waals surface area contributed by atoms with Gasteiger partial charge < -0.3 is 0 Å². The normalized spacial score (nSPS) is 16.4. The van der Waals surface area contributed by atoms with Gasteiger partial charge in [0.25, 0.3) is 0 Å². The largest absolute Gasteiger partial charge is 0.0842 e. The van der Waals surface area contributed by atoms with Crippen LogP contribution >= 0.6 is 0 Å². The third-order valence-corrected chi connectivity index (χ3v) is 11.8. The molecule has 0 aliphatic heterocycles. The summed E-state index contributed by atoms with van der Waals surface area (Å²) in [6, 6.07) is 35.2. The Bertz CT molecular complexity index is 2850. The topological polar surface area (TPSA) is 0 Å². The van der Waals surface area contributed by atoms with Crippen LogP contribution in [0.5, 0.6) is 0 Å². The zero-order valence-electron chi connectivity index (χ0n) is 28.1. The first-order valence-electron chi connectivity index (χ1n) is 18.4. The smallest absolute Gasteiger partial charge is 0.000708 e. The summed E-state index contributed by atoms with van der Waals surface area (Å²) in [6.07, 6.45) is 27.2. The fraction of sp³-hybridized carbons (Fsp3) is 0.120. The second kappa shape index (κ2) is 10.9. The third-order valence-electron chi connectivity index (χ3n) is 11.8.